The first-order chi connectivity index (χ1) is 13.2. The standard InChI is InChI=1S/C20H20Cl2N2O2S2/c1-12-3-6-16(7-13(12)2)24-19-11-28(25,26)10-18(19)23-20(24)27-9-14-4-5-15(21)8-17(14)22/h3-8,18-19H,9-11H2,1-2H3/t18-,19-/m1/s1. The molecule has 2 heterocycles. The Bertz CT molecular complexity index is 1070. The Morgan fingerprint density at radius 2 is 1.89 bits per heavy atom. The van der Waals surface area contributed by atoms with Gasteiger partial charge in [0.05, 0.1) is 23.6 Å². The zero-order valence-electron chi connectivity index (χ0n) is 15.5. The first kappa shape index (κ1) is 20.1. The van der Waals surface area contributed by atoms with Gasteiger partial charge in [-0.3, -0.25) is 4.99 Å². The summed E-state index contributed by atoms with van der Waals surface area (Å²) in [5.74, 6) is 0.896. The van der Waals surface area contributed by atoms with Gasteiger partial charge in [0.25, 0.3) is 0 Å². The van der Waals surface area contributed by atoms with Gasteiger partial charge >= 0.3 is 0 Å². The Kier molecular flexibility index (Phi) is 5.42. The van der Waals surface area contributed by atoms with Crippen LogP contribution in [0, 0.1) is 13.8 Å². The lowest BCUT2D eigenvalue weighted by molar-refractivity contribution is 0.601. The number of aryl methyl sites for hydroxylation is 2. The Hall–Kier alpha value is -1.21. The molecule has 1 fully saturated rings. The first-order valence-corrected chi connectivity index (χ1v) is 12.5. The molecule has 0 aliphatic carbocycles. The number of aliphatic imine (C=N–C) groups is 1. The lowest BCUT2D eigenvalue weighted by atomic mass is 10.1. The molecular weight excluding hydrogens is 435 g/mol. The number of rotatable bonds is 3. The predicted molar refractivity (Wildman–Crippen MR) is 120 cm³/mol. The van der Waals surface area contributed by atoms with Crippen molar-refractivity contribution in [3.63, 3.8) is 0 Å². The van der Waals surface area contributed by atoms with Crippen LogP contribution in [0.2, 0.25) is 10.0 Å². The summed E-state index contributed by atoms with van der Waals surface area (Å²) < 4.78 is 24.3. The Balaban J connectivity index is 1.64. The second-order valence-electron chi connectivity index (χ2n) is 7.29. The highest BCUT2D eigenvalue weighted by Gasteiger charge is 2.47. The van der Waals surface area contributed by atoms with E-state index in [0.717, 1.165) is 16.4 Å². The number of nitrogens with zero attached hydrogens (tertiary/aromatic N) is 2. The number of anilines is 1. The van der Waals surface area contributed by atoms with Crippen LogP contribution in [0.4, 0.5) is 5.69 Å². The predicted octanol–water partition coefficient (Wildman–Crippen LogP) is 4.89. The van der Waals surface area contributed by atoms with Crippen molar-refractivity contribution in [3.8, 4) is 0 Å². The van der Waals surface area contributed by atoms with Crippen molar-refractivity contribution in [2.45, 2.75) is 31.7 Å². The lowest BCUT2D eigenvalue weighted by Crippen LogP contribution is -2.39. The van der Waals surface area contributed by atoms with E-state index in [4.69, 9.17) is 28.2 Å². The highest BCUT2D eigenvalue weighted by atomic mass is 35.5. The summed E-state index contributed by atoms with van der Waals surface area (Å²) in [5.41, 5.74) is 4.34. The first-order valence-electron chi connectivity index (χ1n) is 8.95. The molecule has 2 aliphatic rings. The minimum Gasteiger partial charge on any atom is -0.315 e. The third kappa shape index (κ3) is 3.92. The molecule has 4 rings (SSSR count). The largest absolute Gasteiger partial charge is 0.315 e. The van der Waals surface area contributed by atoms with Crippen LogP contribution in [0.3, 0.4) is 0 Å². The molecule has 28 heavy (non-hydrogen) atoms. The van der Waals surface area contributed by atoms with Crippen LogP contribution in [-0.4, -0.2) is 37.2 Å². The van der Waals surface area contributed by atoms with Crippen LogP contribution in [0.5, 0.6) is 0 Å². The van der Waals surface area contributed by atoms with Crippen LogP contribution in [0.25, 0.3) is 0 Å². The molecule has 0 aromatic heterocycles. The summed E-state index contributed by atoms with van der Waals surface area (Å²) in [6.07, 6.45) is 0. The SMILES string of the molecule is Cc1ccc(N2C(SCc3ccc(Cl)cc3Cl)=N[C@@H]3CS(=O)(=O)C[C@H]32)cc1C. The molecular formula is C20H20Cl2N2O2S2. The molecule has 2 aliphatic heterocycles. The van der Waals surface area contributed by atoms with Gasteiger partial charge < -0.3 is 4.90 Å². The fourth-order valence-electron chi connectivity index (χ4n) is 3.59. The van der Waals surface area contributed by atoms with Crippen molar-refractivity contribution in [1.29, 1.82) is 0 Å². The molecule has 4 nitrogen and oxygen atoms in total. The van der Waals surface area contributed by atoms with Gasteiger partial charge in [-0.1, -0.05) is 47.1 Å². The Morgan fingerprint density at radius 3 is 2.61 bits per heavy atom. The summed E-state index contributed by atoms with van der Waals surface area (Å²) >= 11 is 13.9. The highest BCUT2D eigenvalue weighted by Crippen LogP contribution is 2.37. The summed E-state index contributed by atoms with van der Waals surface area (Å²) in [7, 11) is -3.06. The number of fused-ring (bicyclic) bond motifs is 1. The van der Waals surface area contributed by atoms with E-state index in [-0.39, 0.29) is 23.6 Å². The second-order valence-corrected chi connectivity index (χ2v) is 11.2. The number of sulfone groups is 1. The van der Waals surface area contributed by atoms with Crippen LogP contribution in [0.1, 0.15) is 16.7 Å². The molecule has 0 N–H and O–H groups in total. The van der Waals surface area contributed by atoms with Gasteiger partial charge in [0.2, 0.25) is 0 Å². The monoisotopic (exact) mass is 454 g/mol. The fraction of sp³-hybridized carbons (Fsp3) is 0.350. The third-order valence-electron chi connectivity index (χ3n) is 5.25. The van der Waals surface area contributed by atoms with E-state index in [1.165, 1.54) is 11.1 Å². The second kappa shape index (κ2) is 7.56. The van der Waals surface area contributed by atoms with Crippen LogP contribution < -0.4 is 4.90 Å². The average Bonchev–Trinajstić information content (AvgIpc) is 3.08. The molecule has 2 atom stereocenters. The average molecular weight is 455 g/mol. The van der Waals surface area contributed by atoms with Crippen molar-refractivity contribution in [2.75, 3.05) is 16.4 Å². The topological polar surface area (TPSA) is 49.7 Å². The fourth-order valence-corrected chi connectivity index (χ4v) is 7.12. The minimum absolute atomic E-state index is 0.116. The number of halogens is 2. The zero-order valence-corrected chi connectivity index (χ0v) is 18.7. The third-order valence-corrected chi connectivity index (χ3v) is 8.55. The Morgan fingerprint density at radius 1 is 1.11 bits per heavy atom. The van der Waals surface area contributed by atoms with Gasteiger partial charge in [-0.05, 0) is 54.8 Å². The van der Waals surface area contributed by atoms with Gasteiger partial charge in [0.1, 0.15) is 0 Å². The number of hydrogen-bond donors (Lipinski definition) is 0. The summed E-state index contributed by atoms with van der Waals surface area (Å²) in [5, 5.41) is 2.08. The van der Waals surface area contributed by atoms with Crippen molar-refractivity contribution < 1.29 is 8.42 Å². The molecule has 1 saturated heterocycles. The van der Waals surface area contributed by atoms with Gasteiger partial charge in [0.15, 0.2) is 15.0 Å². The number of amidine groups is 1. The molecule has 0 amide bonds. The summed E-state index contributed by atoms with van der Waals surface area (Å²) in [6.45, 7) is 4.13. The van der Waals surface area contributed by atoms with Crippen molar-refractivity contribution >= 4 is 55.7 Å². The maximum absolute atomic E-state index is 12.2. The van der Waals surface area contributed by atoms with Crippen LogP contribution in [0.15, 0.2) is 41.4 Å². The highest BCUT2D eigenvalue weighted by molar-refractivity contribution is 8.13. The molecule has 0 radical (unpaired) electrons. The smallest absolute Gasteiger partial charge is 0.164 e. The maximum Gasteiger partial charge on any atom is 0.164 e. The summed E-state index contributed by atoms with van der Waals surface area (Å²) in [6, 6.07) is 11.3. The van der Waals surface area contributed by atoms with Gasteiger partial charge in [-0.25, -0.2) is 8.42 Å². The van der Waals surface area contributed by atoms with Crippen LogP contribution in [-0.2, 0) is 15.6 Å². The molecule has 0 spiro atoms. The molecule has 148 valence electrons. The van der Waals surface area contributed by atoms with Crippen molar-refractivity contribution in [2.24, 2.45) is 4.99 Å². The normalized spacial score (nSPS) is 23.0. The quantitative estimate of drug-likeness (QED) is 0.662. The van der Waals surface area contributed by atoms with E-state index < -0.39 is 9.84 Å². The zero-order chi connectivity index (χ0) is 20.1. The number of benzene rings is 2. The van der Waals surface area contributed by atoms with Gasteiger partial charge in [-0.2, -0.15) is 0 Å². The van der Waals surface area contributed by atoms with Crippen molar-refractivity contribution in [1.82, 2.24) is 0 Å². The van der Waals surface area contributed by atoms with E-state index in [1.807, 2.05) is 18.2 Å². The van der Waals surface area contributed by atoms with E-state index in [0.29, 0.717) is 15.8 Å². The van der Waals surface area contributed by atoms with Crippen LogP contribution >= 0.6 is 35.0 Å². The van der Waals surface area contributed by atoms with E-state index in [9.17, 15) is 8.42 Å². The molecule has 0 unspecified atom stereocenters. The summed E-state index contributed by atoms with van der Waals surface area (Å²) in [4.78, 5) is 6.87. The Labute approximate surface area is 179 Å². The molecule has 0 bridgehead atoms. The minimum atomic E-state index is -3.06. The molecule has 2 aromatic carbocycles. The maximum atomic E-state index is 12.2. The van der Waals surface area contributed by atoms with E-state index in [1.54, 1.807) is 17.8 Å². The lowest BCUT2D eigenvalue weighted by Gasteiger charge is -2.27. The van der Waals surface area contributed by atoms with E-state index in [2.05, 4.69) is 30.9 Å². The van der Waals surface area contributed by atoms with Crippen molar-refractivity contribution in [3.05, 3.63) is 63.1 Å². The van der Waals surface area contributed by atoms with Gasteiger partial charge in [-0.15, -0.1) is 0 Å². The molecule has 2 aromatic rings. The van der Waals surface area contributed by atoms with Gasteiger partial charge in [0, 0.05) is 21.5 Å². The molecule has 0 saturated carbocycles. The number of hydrogen-bond acceptors (Lipinski definition) is 5. The van der Waals surface area contributed by atoms with E-state index >= 15 is 0 Å². The molecule has 8 heteroatoms. The number of thioether (sulfide) groups is 1.